The summed E-state index contributed by atoms with van der Waals surface area (Å²) < 4.78 is 34.5. The highest BCUT2D eigenvalue weighted by molar-refractivity contribution is 6.01. The number of rotatable bonds is 5. The molecule has 3 aromatic rings. The second-order valence-corrected chi connectivity index (χ2v) is 8.67. The van der Waals surface area contributed by atoms with Crippen molar-refractivity contribution in [2.45, 2.75) is 45.6 Å². The van der Waals surface area contributed by atoms with Gasteiger partial charge in [0.2, 0.25) is 5.88 Å². The maximum atomic E-state index is 15.1. The van der Waals surface area contributed by atoms with Crippen molar-refractivity contribution < 1.29 is 28.5 Å². The summed E-state index contributed by atoms with van der Waals surface area (Å²) >= 11 is 0. The first-order chi connectivity index (χ1) is 14.6. The number of aliphatic carboxylic acids is 1. The van der Waals surface area contributed by atoms with E-state index < -0.39 is 29.1 Å². The molecule has 0 unspecified atom stereocenters. The van der Waals surface area contributed by atoms with Gasteiger partial charge in [-0.2, -0.15) is 0 Å². The summed E-state index contributed by atoms with van der Waals surface area (Å²) in [7, 11) is 0. The Morgan fingerprint density at radius 3 is 2.39 bits per heavy atom. The smallest absolute Gasteiger partial charge is 0.309 e. The van der Waals surface area contributed by atoms with Crippen LogP contribution in [-0.4, -0.2) is 27.3 Å². The summed E-state index contributed by atoms with van der Waals surface area (Å²) in [6, 6.07) is 8.72. The molecular weight excluding hydrogens is 404 g/mol. The molecule has 1 saturated carbocycles. The number of carboxylic acids is 1. The van der Waals surface area contributed by atoms with Crippen LogP contribution in [0, 0.1) is 17.0 Å². The Hall–Kier alpha value is -3.22. The zero-order chi connectivity index (χ0) is 22.5. The number of phenols is 1. The molecule has 0 saturated heterocycles. The van der Waals surface area contributed by atoms with Crippen molar-refractivity contribution in [2.24, 2.45) is 5.41 Å². The van der Waals surface area contributed by atoms with Gasteiger partial charge < -0.3 is 14.9 Å². The zero-order valence-electron chi connectivity index (χ0n) is 17.4. The Morgan fingerprint density at radius 1 is 1.16 bits per heavy atom. The molecule has 1 aliphatic rings. The minimum atomic E-state index is -0.900. The van der Waals surface area contributed by atoms with E-state index in [0.717, 1.165) is 0 Å². The second kappa shape index (κ2) is 7.48. The van der Waals surface area contributed by atoms with Gasteiger partial charge in [0, 0.05) is 18.4 Å². The minimum absolute atomic E-state index is 0.0210. The van der Waals surface area contributed by atoms with Crippen LogP contribution in [0.1, 0.15) is 45.2 Å². The summed E-state index contributed by atoms with van der Waals surface area (Å²) in [6.45, 7) is 5.52. The number of carboxylic acid groups (broad SMARTS) is 1. The SMILES string of the molecule is CC(C)c1nc(OC2CC(C)(C(=O)O)C2)c2c(F)c(O)ccc2c1-c1ccc(F)cc1. The number of phenolic OH excluding ortho intramolecular Hbond substituents is 1. The van der Waals surface area contributed by atoms with E-state index in [1.54, 1.807) is 25.1 Å². The summed E-state index contributed by atoms with van der Waals surface area (Å²) in [6.07, 6.45) is 0.140. The molecule has 0 radical (unpaired) electrons. The zero-order valence-corrected chi connectivity index (χ0v) is 17.4. The van der Waals surface area contributed by atoms with Gasteiger partial charge in [0.1, 0.15) is 11.9 Å². The van der Waals surface area contributed by atoms with E-state index in [9.17, 15) is 19.4 Å². The van der Waals surface area contributed by atoms with Gasteiger partial charge in [-0.05, 0) is 48.1 Å². The Bertz CT molecular complexity index is 1170. The van der Waals surface area contributed by atoms with E-state index in [0.29, 0.717) is 22.2 Å². The standard InChI is InChI=1S/C24H23F2NO4/c1-12(2)21-18(13-4-6-14(25)7-5-13)16-8-9-17(28)20(26)19(16)22(27-21)31-15-10-24(3,11-15)23(29)30/h4-9,12,15,28H,10-11H2,1-3H3,(H,29,30). The molecule has 2 N–H and O–H groups in total. The van der Waals surface area contributed by atoms with Gasteiger partial charge in [0.25, 0.3) is 0 Å². The number of pyridine rings is 1. The average Bonchev–Trinajstić information content (AvgIpc) is 2.69. The van der Waals surface area contributed by atoms with Crippen LogP contribution in [0.25, 0.3) is 21.9 Å². The first kappa shape index (κ1) is 21.0. The molecule has 5 nitrogen and oxygen atoms in total. The van der Waals surface area contributed by atoms with Crippen LogP contribution < -0.4 is 4.74 Å². The predicted octanol–water partition coefficient (Wildman–Crippen LogP) is 5.64. The van der Waals surface area contributed by atoms with Crippen LogP contribution in [-0.2, 0) is 4.79 Å². The highest BCUT2D eigenvalue weighted by Crippen LogP contribution is 2.46. The van der Waals surface area contributed by atoms with Crippen LogP contribution >= 0.6 is 0 Å². The Kier molecular flexibility index (Phi) is 5.07. The predicted molar refractivity (Wildman–Crippen MR) is 112 cm³/mol. The van der Waals surface area contributed by atoms with E-state index >= 15 is 4.39 Å². The lowest BCUT2D eigenvalue weighted by molar-refractivity contribution is -0.159. The van der Waals surface area contributed by atoms with Gasteiger partial charge in [-0.3, -0.25) is 4.79 Å². The van der Waals surface area contributed by atoms with Crippen molar-refractivity contribution in [3.8, 4) is 22.8 Å². The van der Waals surface area contributed by atoms with Gasteiger partial charge in [-0.25, -0.2) is 13.8 Å². The molecular formula is C24H23F2NO4. The molecule has 1 aromatic heterocycles. The number of aromatic hydroxyl groups is 1. The first-order valence-corrected chi connectivity index (χ1v) is 10.1. The maximum Gasteiger partial charge on any atom is 0.309 e. The molecule has 0 amide bonds. The van der Waals surface area contributed by atoms with Crippen LogP contribution in [0.2, 0.25) is 0 Å². The van der Waals surface area contributed by atoms with Crippen molar-refractivity contribution in [1.82, 2.24) is 4.98 Å². The molecule has 0 atom stereocenters. The number of carbonyl (C=O) groups is 1. The van der Waals surface area contributed by atoms with Crippen LogP contribution in [0.5, 0.6) is 11.6 Å². The van der Waals surface area contributed by atoms with E-state index in [-0.39, 0.29) is 35.8 Å². The van der Waals surface area contributed by atoms with Gasteiger partial charge in [-0.1, -0.05) is 26.0 Å². The first-order valence-electron chi connectivity index (χ1n) is 10.1. The van der Waals surface area contributed by atoms with Crippen LogP contribution in [0.4, 0.5) is 8.78 Å². The average molecular weight is 427 g/mol. The number of aromatic nitrogens is 1. The topological polar surface area (TPSA) is 79.7 Å². The van der Waals surface area contributed by atoms with Gasteiger partial charge in [0.15, 0.2) is 11.6 Å². The number of fused-ring (bicyclic) bond motifs is 1. The quantitative estimate of drug-likeness (QED) is 0.551. The number of hydrogen-bond acceptors (Lipinski definition) is 4. The van der Waals surface area contributed by atoms with E-state index in [4.69, 9.17) is 4.74 Å². The monoisotopic (exact) mass is 427 g/mol. The third-order valence-corrected chi connectivity index (χ3v) is 5.91. The number of halogens is 2. The van der Waals surface area contributed by atoms with E-state index in [1.807, 2.05) is 13.8 Å². The fourth-order valence-electron chi connectivity index (χ4n) is 4.13. The molecule has 0 spiro atoms. The maximum absolute atomic E-state index is 15.1. The highest BCUT2D eigenvalue weighted by atomic mass is 19.1. The molecule has 162 valence electrons. The molecule has 1 heterocycles. The van der Waals surface area contributed by atoms with Gasteiger partial charge in [-0.15, -0.1) is 0 Å². The molecule has 4 rings (SSSR count). The third kappa shape index (κ3) is 3.58. The molecule has 1 aliphatic carbocycles. The molecule has 31 heavy (non-hydrogen) atoms. The van der Waals surface area contributed by atoms with Crippen molar-refractivity contribution in [3.05, 3.63) is 53.7 Å². The van der Waals surface area contributed by atoms with Crippen molar-refractivity contribution in [3.63, 3.8) is 0 Å². The Morgan fingerprint density at radius 2 is 1.81 bits per heavy atom. The second-order valence-electron chi connectivity index (χ2n) is 8.67. The van der Waals surface area contributed by atoms with E-state index in [2.05, 4.69) is 4.98 Å². The molecule has 2 aromatic carbocycles. The molecule has 7 heteroatoms. The summed E-state index contributed by atoms with van der Waals surface area (Å²) in [5, 5.41) is 19.8. The number of nitrogens with zero attached hydrogens (tertiary/aromatic N) is 1. The largest absolute Gasteiger partial charge is 0.505 e. The Labute approximate surface area is 178 Å². The summed E-state index contributed by atoms with van der Waals surface area (Å²) in [5.41, 5.74) is 1.07. The highest BCUT2D eigenvalue weighted by Gasteiger charge is 2.48. The third-order valence-electron chi connectivity index (χ3n) is 5.91. The molecule has 1 fully saturated rings. The van der Waals surface area contributed by atoms with Gasteiger partial charge >= 0.3 is 5.97 Å². The van der Waals surface area contributed by atoms with Gasteiger partial charge in [0.05, 0.1) is 16.5 Å². The normalized spacial score (nSPS) is 20.6. The summed E-state index contributed by atoms with van der Waals surface area (Å²) in [4.78, 5) is 16.0. The molecule has 0 aliphatic heterocycles. The van der Waals surface area contributed by atoms with Crippen LogP contribution in [0.15, 0.2) is 36.4 Å². The van der Waals surface area contributed by atoms with Crippen LogP contribution in [0.3, 0.4) is 0 Å². The molecule has 0 bridgehead atoms. The number of ether oxygens (including phenoxy) is 1. The van der Waals surface area contributed by atoms with Crippen molar-refractivity contribution in [1.29, 1.82) is 0 Å². The number of hydrogen-bond donors (Lipinski definition) is 2. The summed E-state index contributed by atoms with van der Waals surface area (Å²) in [5.74, 6) is -2.72. The van der Waals surface area contributed by atoms with Crippen molar-refractivity contribution >= 4 is 16.7 Å². The van der Waals surface area contributed by atoms with Crippen molar-refractivity contribution in [2.75, 3.05) is 0 Å². The Balaban J connectivity index is 1.89. The lowest BCUT2D eigenvalue weighted by Gasteiger charge is -2.41. The number of benzene rings is 2. The lowest BCUT2D eigenvalue weighted by atomic mass is 9.68. The lowest BCUT2D eigenvalue weighted by Crippen LogP contribution is -2.47. The fraction of sp³-hybridized carbons (Fsp3) is 0.333. The fourth-order valence-corrected chi connectivity index (χ4v) is 4.13. The minimum Gasteiger partial charge on any atom is -0.505 e. The van der Waals surface area contributed by atoms with E-state index in [1.165, 1.54) is 18.2 Å².